The number of aryl methyl sites for hydroxylation is 1. The van der Waals surface area contributed by atoms with Gasteiger partial charge in [0.1, 0.15) is 0 Å². The van der Waals surface area contributed by atoms with E-state index in [0.717, 1.165) is 23.4 Å². The van der Waals surface area contributed by atoms with Crippen molar-refractivity contribution in [2.75, 3.05) is 5.73 Å². The third kappa shape index (κ3) is 2.18. The molecule has 0 radical (unpaired) electrons. The minimum Gasteiger partial charge on any atom is -0.369 e. The molecule has 0 saturated heterocycles. The van der Waals surface area contributed by atoms with Crippen molar-refractivity contribution in [1.82, 2.24) is 9.55 Å². The van der Waals surface area contributed by atoms with E-state index in [0.29, 0.717) is 5.95 Å². The van der Waals surface area contributed by atoms with Crippen LogP contribution >= 0.6 is 0 Å². The first-order valence-electron chi connectivity index (χ1n) is 6.01. The number of anilines is 1. The molecule has 1 aromatic heterocycles. The van der Waals surface area contributed by atoms with Crippen molar-refractivity contribution >= 4 is 5.95 Å². The average molecular weight is 229 g/mol. The molecule has 2 aromatic rings. The minimum absolute atomic E-state index is 0.565. The standard InChI is InChI=1S/C14H19N3/c1-4-5-11-6-8-12(9-7-11)13-10(2)17(3)14(15)16-13/h6-9H,4-5H2,1-3H3,(H2,15,16). The van der Waals surface area contributed by atoms with Crippen molar-refractivity contribution in [3.8, 4) is 11.3 Å². The molecule has 0 atom stereocenters. The van der Waals surface area contributed by atoms with Crippen LogP contribution in [0.2, 0.25) is 0 Å². The fourth-order valence-corrected chi connectivity index (χ4v) is 1.99. The summed E-state index contributed by atoms with van der Waals surface area (Å²) in [6.07, 6.45) is 2.30. The number of nitrogens with two attached hydrogens (primary N) is 1. The molecule has 0 saturated carbocycles. The first kappa shape index (κ1) is 11.7. The maximum Gasteiger partial charge on any atom is 0.200 e. The lowest BCUT2D eigenvalue weighted by Gasteiger charge is -2.02. The monoisotopic (exact) mass is 229 g/mol. The number of hydrogen-bond acceptors (Lipinski definition) is 2. The van der Waals surface area contributed by atoms with Gasteiger partial charge in [0, 0.05) is 18.3 Å². The normalized spacial score (nSPS) is 10.8. The van der Waals surface area contributed by atoms with Gasteiger partial charge >= 0.3 is 0 Å². The molecule has 0 amide bonds. The molecule has 0 spiro atoms. The molecular formula is C14H19N3. The number of imidazole rings is 1. The number of aromatic nitrogens is 2. The van der Waals surface area contributed by atoms with Crippen molar-refractivity contribution < 1.29 is 0 Å². The van der Waals surface area contributed by atoms with Gasteiger partial charge in [-0.05, 0) is 18.9 Å². The van der Waals surface area contributed by atoms with Gasteiger partial charge in [0.05, 0.1) is 5.69 Å². The highest BCUT2D eigenvalue weighted by Gasteiger charge is 2.10. The molecule has 3 heteroatoms. The van der Waals surface area contributed by atoms with Crippen LogP contribution in [0.15, 0.2) is 24.3 Å². The van der Waals surface area contributed by atoms with E-state index in [1.165, 1.54) is 12.0 Å². The summed E-state index contributed by atoms with van der Waals surface area (Å²) in [7, 11) is 1.94. The Kier molecular flexibility index (Phi) is 3.18. The Hall–Kier alpha value is -1.77. The van der Waals surface area contributed by atoms with E-state index in [2.05, 4.69) is 36.2 Å². The molecule has 0 fully saturated rings. The second-order valence-corrected chi connectivity index (χ2v) is 4.41. The molecule has 90 valence electrons. The van der Waals surface area contributed by atoms with E-state index in [4.69, 9.17) is 5.73 Å². The summed E-state index contributed by atoms with van der Waals surface area (Å²) in [6, 6.07) is 8.59. The highest BCUT2D eigenvalue weighted by atomic mass is 15.1. The van der Waals surface area contributed by atoms with Gasteiger partial charge in [0.15, 0.2) is 0 Å². The first-order valence-corrected chi connectivity index (χ1v) is 6.01. The van der Waals surface area contributed by atoms with E-state index in [9.17, 15) is 0 Å². The van der Waals surface area contributed by atoms with Crippen LogP contribution in [-0.2, 0) is 13.5 Å². The van der Waals surface area contributed by atoms with Gasteiger partial charge in [-0.15, -0.1) is 0 Å². The molecule has 1 heterocycles. The van der Waals surface area contributed by atoms with Gasteiger partial charge in [-0.25, -0.2) is 4.98 Å². The molecule has 0 unspecified atom stereocenters. The maximum atomic E-state index is 5.81. The van der Waals surface area contributed by atoms with Crippen LogP contribution in [-0.4, -0.2) is 9.55 Å². The summed E-state index contributed by atoms with van der Waals surface area (Å²) in [5.74, 6) is 0.565. The minimum atomic E-state index is 0.565. The van der Waals surface area contributed by atoms with Crippen molar-refractivity contribution in [3.63, 3.8) is 0 Å². The molecule has 3 nitrogen and oxygen atoms in total. The molecule has 0 aliphatic carbocycles. The predicted octanol–water partition coefficient (Wildman–Crippen LogP) is 2.93. The van der Waals surface area contributed by atoms with Crippen molar-refractivity contribution in [2.24, 2.45) is 7.05 Å². The van der Waals surface area contributed by atoms with Crippen molar-refractivity contribution in [1.29, 1.82) is 0 Å². The summed E-state index contributed by atoms with van der Waals surface area (Å²) < 4.78 is 1.91. The third-order valence-electron chi connectivity index (χ3n) is 3.18. The van der Waals surface area contributed by atoms with Gasteiger partial charge in [0.25, 0.3) is 0 Å². The van der Waals surface area contributed by atoms with Gasteiger partial charge in [-0.1, -0.05) is 37.6 Å². The van der Waals surface area contributed by atoms with Gasteiger partial charge in [-0.2, -0.15) is 0 Å². The van der Waals surface area contributed by atoms with E-state index < -0.39 is 0 Å². The molecule has 2 rings (SSSR count). The summed E-state index contributed by atoms with van der Waals surface area (Å²) >= 11 is 0. The smallest absolute Gasteiger partial charge is 0.200 e. The van der Waals surface area contributed by atoms with Crippen LogP contribution in [0.25, 0.3) is 11.3 Å². The Morgan fingerprint density at radius 1 is 1.24 bits per heavy atom. The zero-order chi connectivity index (χ0) is 12.4. The van der Waals surface area contributed by atoms with Crippen molar-refractivity contribution in [2.45, 2.75) is 26.7 Å². The fraction of sp³-hybridized carbons (Fsp3) is 0.357. The number of rotatable bonds is 3. The van der Waals surface area contributed by atoms with Gasteiger partial charge in [-0.3, -0.25) is 0 Å². The maximum absolute atomic E-state index is 5.81. The molecule has 0 bridgehead atoms. The molecule has 2 N–H and O–H groups in total. The van der Waals surface area contributed by atoms with E-state index in [1.54, 1.807) is 0 Å². The zero-order valence-corrected chi connectivity index (χ0v) is 10.7. The van der Waals surface area contributed by atoms with E-state index in [-0.39, 0.29) is 0 Å². The van der Waals surface area contributed by atoms with Crippen molar-refractivity contribution in [3.05, 3.63) is 35.5 Å². The summed E-state index contributed by atoms with van der Waals surface area (Å²) in [5, 5.41) is 0. The summed E-state index contributed by atoms with van der Waals surface area (Å²) in [4.78, 5) is 4.40. The number of nitrogens with zero attached hydrogens (tertiary/aromatic N) is 2. The fourth-order valence-electron chi connectivity index (χ4n) is 1.99. The zero-order valence-electron chi connectivity index (χ0n) is 10.7. The van der Waals surface area contributed by atoms with E-state index in [1.807, 2.05) is 18.5 Å². The average Bonchev–Trinajstić information content (AvgIpc) is 2.59. The number of nitrogen functional groups attached to an aromatic ring is 1. The van der Waals surface area contributed by atoms with Crippen LogP contribution < -0.4 is 5.73 Å². The highest BCUT2D eigenvalue weighted by Crippen LogP contribution is 2.24. The summed E-state index contributed by atoms with van der Waals surface area (Å²) in [5.41, 5.74) is 10.4. The van der Waals surface area contributed by atoms with Crippen LogP contribution in [0.3, 0.4) is 0 Å². The Labute approximate surface area is 102 Å². The molecule has 0 aliphatic rings. The Morgan fingerprint density at radius 2 is 1.88 bits per heavy atom. The second kappa shape index (κ2) is 4.62. The third-order valence-corrected chi connectivity index (χ3v) is 3.18. The van der Waals surface area contributed by atoms with Gasteiger partial charge < -0.3 is 10.3 Å². The largest absolute Gasteiger partial charge is 0.369 e. The molecule has 1 aromatic carbocycles. The highest BCUT2D eigenvalue weighted by molar-refractivity contribution is 5.64. The molecule has 0 aliphatic heterocycles. The Morgan fingerprint density at radius 3 is 2.35 bits per heavy atom. The van der Waals surface area contributed by atoms with Crippen LogP contribution in [0, 0.1) is 6.92 Å². The predicted molar refractivity (Wildman–Crippen MR) is 71.8 cm³/mol. The lowest BCUT2D eigenvalue weighted by Crippen LogP contribution is -1.97. The molecular weight excluding hydrogens is 210 g/mol. The topological polar surface area (TPSA) is 43.8 Å². The van der Waals surface area contributed by atoms with Crippen LogP contribution in [0.4, 0.5) is 5.95 Å². The molecule has 17 heavy (non-hydrogen) atoms. The number of benzene rings is 1. The van der Waals surface area contributed by atoms with Gasteiger partial charge in [0.2, 0.25) is 5.95 Å². The lowest BCUT2D eigenvalue weighted by molar-refractivity contribution is 0.889. The lowest BCUT2D eigenvalue weighted by atomic mass is 10.1. The van der Waals surface area contributed by atoms with Crippen LogP contribution in [0.5, 0.6) is 0 Å². The summed E-state index contributed by atoms with van der Waals surface area (Å²) in [6.45, 7) is 4.23. The second-order valence-electron chi connectivity index (χ2n) is 4.41. The van der Waals surface area contributed by atoms with E-state index >= 15 is 0 Å². The first-order chi connectivity index (χ1) is 8.13. The SMILES string of the molecule is CCCc1ccc(-c2nc(N)n(C)c2C)cc1. The van der Waals surface area contributed by atoms with Crippen LogP contribution in [0.1, 0.15) is 24.6 Å². The quantitative estimate of drug-likeness (QED) is 0.879. The Bertz CT molecular complexity index is 509. The Balaban J connectivity index is 2.36. The number of hydrogen-bond donors (Lipinski definition) is 1.